The van der Waals surface area contributed by atoms with Crippen molar-refractivity contribution in [1.82, 2.24) is 4.98 Å². The van der Waals surface area contributed by atoms with Crippen LogP contribution in [0.4, 0.5) is 13.2 Å². The van der Waals surface area contributed by atoms with Crippen molar-refractivity contribution < 1.29 is 13.2 Å². The van der Waals surface area contributed by atoms with Gasteiger partial charge in [-0.2, -0.15) is 25.8 Å². The Balaban J connectivity index is 3.10. The summed E-state index contributed by atoms with van der Waals surface area (Å²) in [6.07, 6.45) is -0.200. The summed E-state index contributed by atoms with van der Waals surface area (Å²) in [6, 6.07) is 2.27. The van der Waals surface area contributed by atoms with Gasteiger partial charge in [0.1, 0.15) is 0 Å². The van der Waals surface area contributed by atoms with Crippen LogP contribution >= 0.6 is 12.6 Å². The third kappa shape index (κ3) is 2.77. The monoisotopic (exact) mass is 219 g/mol. The second-order valence-corrected chi connectivity index (χ2v) is 2.88. The summed E-state index contributed by atoms with van der Waals surface area (Å²) in [6.45, 7) is 0. The molecule has 0 aliphatic carbocycles. The molecule has 0 bridgehead atoms. The summed E-state index contributed by atoms with van der Waals surface area (Å²) >= 11 is 3.86. The zero-order chi connectivity index (χ0) is 10.6. The minimum Gasteiger partial charge on any atom is -0.256 e. The largest absolute Gasteiger partial charge is 0.418 e. The van der Waals surface area contributed by atoms with Crippen LogP contribution in [0.3, 0.4) is 0 Å². The molecular formula is C9H8F3NS. The lowest BCUT2D eigenvalue weighted by Gasteiger charge is -2.08. The lowest BCUT2D eigenvalue weighted by Crippen LogP contribution is -2.08. The van der Waals surface area contributed by atoms with Crippen LogP contribution in [0.15, 0.2) is 24.4 Å². The van der Waals surface area contributed by atoms with Gasteiger partial charge in [-0.3, -0.25) is 4.98 Å². The first-order valence-corrected chi connectivity index (χ1v) is 4.48. The lowest BCUT2D eigenvalue weighted by molar-refractivity contribution is -0.138. The molecule has 0 spiro atoms. The number of thiol groups is 1. The molecule has 0 aromatic carbocycles. The van der Waals surface area contributed by atoms with E-state index in [0.717, 1.165) is 6.07 Å². The van der Waals surface area contributed by atoms with Gasteiger partial charge in [-0.25, -0.2) is 0 Å². The molecule has 0 aliphatic heterocycles. The van der Waals surface area contributed by atoms with Gasteiger partial charge in [-0.1, -0.05) is 6.08 Å². The van der Waals surface area contributed by atoms with E-state index in [4.69, 9.17) is 0 Å². The maximum atomic E-state index is 12.4. The number of hydrogen-bond donors (Lipinski definition) is 1. The van der Waals surface area contributed by atoms with E-state index < -0.39 is 11.7 Å². The Labute approximate surface area is 85.1 Å². The Kier molecular flexibility index (Phi) is 3.57. The molecule has 0 N–H and O–H groups in total. The third-order valence-electron chi connectivity index (χ3n) is 1.53. The molecule has 0 atom stereocenters. The highest BCUT2D eigenvalue weighted by Crippen LogP contribution is 2.31. The van der Waals surface area contributed by atoms with Crippen LogP contribution in [-0.4, -0.2) is 10.7 Å². The van der Waals surface area contributed by atoms with Gasteiger partial charge in [0, 0.05) is 11.9 Å². The highest BCUT2D eigenvalue weighted by molar-refractivity contribution is 7.80. The van der Waals surface area contributed by atoms with Gasteiger partial charge in [-0.15, -0.1) is 0 Å². The van der Waals surface area contributed by atoms with Gasteiger partial charge in [0.25, 0.3) is 0 Å². The summed E-state index contributed by atoms with van der Waals surface area (Å²) < 4.78 is 37.1. The quantitative estimate of drug-likeness (QED) is 0.754. The molecule has 0 aliphatic rings. The van der Waals surface area contributed by atoms with E-state index >= 15 is 0 Å². The van der Waals surface area contributed by atoms with Crippen LogP contribution in [0.5, 0.6) is 0 Å². The van der Waals surface area contributed by atoms with Crippen LogP contribution in [0.25, 0.3) is 6.08 Å². The Morgan fingerprint density at radius 3 is 2.71 bits per heavy atom. The zero-order valence-corrected chi connectivity index (χ0v) is 8.02. The number of hydrogen-bond acceptors (Lipinski definition) is 2. The Bertz CT molecular complexity index is 333. The maximum absolute atomic E-state index is 12.4. The Morgan fingerprint density at radius 1 is 1.43 bits per heavy atom. The summed E-state index contributed by atoms with van der Waals surface area (Å²) in [5.74, 6) is 0.383. The zero-order valence-electron chi connectivity index (χ0n) is 7.12. The van der Waals surface area contributed by atoms with E-state index in [1.807, 2.05) is 0 Å². The van der Waals surface area contributed by atoms with Crippen molar-refractivity contribution in [3.63, 3.8) is 0 Å². The highest BCUT2D eigenvalue weighted by Gasteiger charge is 2.32. The SMILES string of the molecule is FC(F)(F)c1cccnc1C=CCS. The second kappa shape index (κ2) is 4.50. The number of nitrogens with zero attached hydrogens (tertiary/aromatic N) is 1. The topological polar surface area (TPSA) is 12.9 Å². The molecule has 0 fully saturated rings. The van der Waals surface area contributed by atoms with Crippen LogP contribution in [-0.2, 0) is 6.18 Å². The normalized spacial score (nSPS) is 12.3. The van der Waals surface area contributed by atoms with Crippen LogP contribution < -0.4 is 0 Å². The number of rotatable bonds is 2. The molecule has 0 amide bonds. The van der Waals surface area contributed by atoms with Gasteiger partial charge in [-0.05, 0) is 18.2 Å². The highest BCUT2D eigenvalue weighted by atomic mass is 32.1. The molecule has 1 aromatic rings. The average Bonchev–Trinajstić information content (AvgIpc) is 2.14. The van der Waals surface area contributed by atoms with E-state index in [-0.39, 0.29) is 5.69 Å². The minimum absolute atomic E-state index is 0.0750. The fourth-order valence-electron chi connectivity index (χ4n) is 0.954. The van der Waals surface area contributed by atoms with Gasteiger partial charge in [0.15, 0.2) is 0 Å². The van der Waals surface area contributed by atoms with Crippen LogP contribution in [0.2, 0.25) is 0 Å². The Hall–Kier alpha value is -0.970. The van der Waals surface area contributed by atoms with Crippen molar-refractivity contribution in [2.45, 2.75) is 6.18 Å². The predicted molar refractivity (Wildman–Crippen MR) is 52.1 cm³/mol. The van der Waals surface area contributed by atoms with E-state index in [1.54, 1.807) is 0 Å². The van der Waals surface area contributed by atoms with Crippen molar-refractivity contribution in [2.24, 2.45) is 0 Å². The van der Waals surface area contributed by atoms with E-state index in [2.05, 4.69) is 17.6 Å². The molecule has 1 heterocycles. The first kappa shape index (κ1) is 11.1. The molecular weight excluding hydrogens is 211 g/mol. The summed E-state index contributed by atoms with van der Waals surface area (Å²) in [5, 5.41) is 0. The van der Waals surface area contributed by atoms with E-state index in [9.17, 15) is 13.2 Å². The third-order valence-corrected chi connectivity index (χ3v) is 1.74. The van der Waals surface area contributed by atoms with Gasteiger partial charge in [0.05, 0.1) is 11.3 Å². The Morgan fingerprint density at radius 2 is 2.14 bits per heavy atom. The summed E-state index contributed by atoms with van der Waals surface area (Å²) in [7, 11) is 0. The molecule has 5 heteroatoms. The van der Waals surface area contributed by atoms with Gasteiger partial charge >= 0.3 is 6.18 Å². The lowest BCUT2D eigenvalue weighted by atomic mass is 10.2. The van der Waals surface area contributed by atoms with Crippen LogP contribution in [0.1, 0.15) is 11.3 Å². The maximum Gasteiger partial charge on any atom is 0.418 e. The molecule has 0 saturated heterocycles. The smallest absolute Gasteiger partial charge is 0.256 e. The summed E-state index contributed by atoms with van der Waals surface area (Å²) in [4.78, 5) is 3.64. The van der Waals surface area contributed by atoms with E-state index in [0.29, 0.717) is 5.75 Å². The number of aromatic nitrogens is 1. The average molecular weight is 219 g/mol. The fraction of sp³-hybridized carbons (Fsp3) is 0.222. The summed E-state index contributed by atoms with van der Waals surface area (Å²) in [5.41, 5.74) is -0.799. The van der Waals surface area contributed by atoms with Gasteiger partial charge in [0.2, 0.25) is 0 Å². The molecule has 76 valence electrons. The van der Waals surface area contributed by atoms with Crippen molar-refractivity contribution in [2.75, 3.05) is 5.75 Å². The second-order valence-electron chi connectivity index (χ2n) is 2.52. The molecule has 14 heavy (non-hydrogen) atoms. The predicted octanol–water partition coefficient (Wildman–Crippen LogP) is 3.04. The fourth-order valence-corrected chi connectivity index (χ4v) is 1.06. The molecule has 1 rings (SSSR count). The van der Waals surface area contributed by atoms with Crippen molar-refractivity contribution >= 4 is 18.7 Å². The minimum atomic E-state index is -4.36. The molecule has 1 nitrogen and oxygen atoms in total. The molecule has 0 radical (unpaired) electrons. The molecule has 0 saturated carbocycles. The van der Waals surface area contributed by atoms with Crippen molar-refractivity contribution in [3.8, 4) is 0 Å². The van der Waals surface area contributed by atoms with Crippen LogP contribution in [0, 0.1) is 0 Å². The van der Waals surface area contributed by atoms with E-state index in [1.165, 1.54) is 24.4 Å². The van der Waals surface area contributed by atoms with Gasteiger partial charge < -0.3 is 0 Å². The first-order chi connectivity index (χ1) is 6.55. The number of pyridine rings is 1. The molecule has 0 unspecified atom stereocenters. The molecule has 1 aromatic heterocycles. The standard InChI is InChI=1S/C9H8F3NS/c10-9(11,12)7-3-1-5-13-8(7)4-2-6-14/h1-5,14H,6H2. The van der Waals surface area contributed by atoms with Crippen molar-refractivity contribution in [1.29, 1.82) is 0 Å². The number of halogens is 3. The first-order valence-electron chi connectivity index (χ1n) is 3.85. The number of alkyl halides is 3. The van der Waals surface area contributed by atoms with Crippen molar-refractivity contribution in [3.05, 3.63) is 35.7 Å².